The minimum atomic E-state index is -0.474. The Kier molecular flexibility index (Phi) is 7.29. The maximum Gasteiger partial charge on any atom is 0.234 e. The maximum atomic E-state index is 13.7. The molecule has 158 valence electrons. The molecule has 1 N–H and O–H groups in total. The molecule has 0 saturated carbocycles. The highest BCUT2D eigenvalue weighted by atomic mass is 32.2. The first-order valence-electron chi connectivity index (χ1n) is 9.42. The third-order valence-electron chi connectivity index (χ3n) is 4.26. The van der Waals surface area contributed by atoms with Gasteiger partial charge in [-0.25, -0.2) is 4.39 Å². The number of anilines is 1. The molecule has 1 amide bonds. The summed E-state index contributed by atoms with van der Waals surface area (Å²) in [5.41, 5.74) is 0.154. The fourth-order valence-electron chi connectivity index (χ4n) is 2.82. The van der Waals surface area contributed by atoms with Crippen LogP contribution in [0, 0.1) is 5.82 Å². The van der Waals surface area contributed by atoms with Crippen molar-refractivity contribution in [1.29, 1.82) is 0 Å². The van der Waals surface area contributed by atoms with Crippen LogP contribution in [-0.4, -0.2) is 33.5 Å². The SMILES string of the molecule is CCn1c(SCC(=O)Nc2ccccc2F)nnc1C(C)Oc1cccc(OC)c1. The average molecular weight is 431 g/mol. The van der Waals surface area contributed by atoms with Crippen molar-refractivity contribution in [3.63, 3.8) is 0 Å². The second kappa shape index (κ2) is 10.1. The molecular weight excluding hydrogens is 407 g/mol. The molecule has 1 heterocycles. The highest BCUT2D eigenvalue weighted by Gasteiger charge is 2.20. The number of aromatic nitrogens is 3. The number of para-hydroxylation sites is 1. The zero-order chi connectivity index (χ0) is 21.5. The van der Waals surface area contributed by atoms with Crippen LogP contribution in [0.4, 0.5) is 10.1 Å². The van der Waals surface area contributed by atoms with Crippen molar-refractivity contribution in [2.75, 3.05) is 18.2 Å². The van der Waals surface area contributed by atoms with Crippen molar-refractivity contribution >= 4 is 23.4 Å². The van der Waals surface area contributed by atoms with Gasteiger partial charge in [0.2, 0.25) is 5.91 Å². The molecule has 9 heteroatoms. The molecule has 0 bridgehead atoms. The fraction of sp³-hybridized carbons (Fsp3) is 0.286. The molecule has 2 aromatic carbocycles. The lowest BCUT2D eigenvalue weighted by molar-refractivity contribution is -0.113. The van der Waals surface area contributed by atoms with Gasteiger partial charge >= 0.3 is 0 Å². The fourth-order valence-corrected chi connectivity index (χ4v) is 3.62. The van der Waals surface area contributed by atoms with Crippen LogP contribution in [0.1, 0.15) is 25.8 Å². The monoisotopic (exact) mass is 430 g/mol. The van der Waals surface area contributed by atoms with E-state index in [0.717, 1.165) is 0 Å². The maximum absolute atomic E-state index is 13.7. The molecule has 0 radical (unpaired) electrons. The molecule has 0 aliphatic rings. The van der Waals surface area contributed by atoms with Gasteiger partial charge in [0.25, 0.3) is 0 Å². The standard InChI is InChI=1S/C21H23FN4O3S/c1-4-26-20(14(2)29-16-9-7-8-15(12-16)28-3)24-25-21(26)30-13-19(27)23-18-11-6-5-10-17(18)22/h5-12,14H,4,13H2,1-3H3,(H,23,27). The number of nitrogens with zero attached hydrogens (tertiary/aromatic N) is 3. The lowest BCUT2D eigenvalue weighted by Gasteiger charge is -2.16. The number of halogens is 1. The summed E-state index contributed by atoms with van der Waals surface area (Å²) in [6.07, 6.45) is -0.355. The van der Waals surface area contributed by atoms with E-state index in [1.54, 1.807) is 25.3 Å². The van der Waals surface area contributed by atoms with Crippen LogP contribution in [0.3, 0.4) is 0 Å². The van der Waals surface area contributed by atoms with Gasteiger partial charge in [-0.3, -0.25) is 4.79 Å². The number of hydrogen-bond donors (Lipinski definition) is 1. The molecule has 3 aromatic rings. The van der Waals surface area contributed by atoms with Crippen LogP contribution >= 0.6 is 11.8 Å². The van der Waals surface area contributed by atoms with Crippen molar-refractivity contribution in [2.45, 2.75) is 31.7 Å². The minimum Gasteiger partial charge on any atom is -0.497 e. The van der Waals surface area contributed by atoms with Gasteiger partial charge in [-0.15, -0.1) is 10.2 Å². The molecular formula is C21H23FN4O3S. The summed E-state index contributed by atoms with van der Waals surface area (Å²) >= 11 is 1.23. The Hall–Kier alpha value is -3.07. The quantitative estimate of drug-likeness (QED) is 0.510. The molecule has 0 spiro atoms. The molecule has 1 atom stereocenters. The van der Waals surface area contributed by atoms with Crippen LogP contribution in [-0.2, 0) is 11.3 Å². The Morgan fingerprint density at radius 3 is 2.70 bits per heavy atom. The van der Waals surface area contributed by atoms with E-state index in [1.165, 1.54) is 23.9 Å². The van der Waals surface area contributed by atoms with E-state index in [-0.39, 0.29) is 23.5 Å². The number of hydrogen-bond acceptors (Lipinski definition) is 6. The predicted octanol–water partition coefficient (Wildman–Crippen LogP) is 4.32. The number of rotatable bonds is 9. The lowest BCUT2D eigenvalue weighted by atomic mass is 10.3. The van der Waals surface area contributed by atoms with E-state index in [9.17, 15) is 9.18 Å². The van der Waals surface area contributed by atoms with E-state index < -0.39 is 5.82 Å². The summed E-state index contributed by atoms with van der Waals surface area (Å²) in [4.78, 5) is 12.2. The van der Waals surface area contributed by atoms with Gasteiger partial charge in [0, 0.05) is 12.6 Å². The summed E-state index contributed by atoms with van der Waals surface area (Å²) < 4.78 is 26.8. The molecule has 0 fully saturated rings. The highest BCUT2D eigenvalue weighted by molar-refractivity contribution is 7.99. The van der Waals surface area contributed by atoms with Crippen LogP contribution in [0.15, 0.2) is 53.7 Å². The number of nitrogens with one attached hydrogen (secondary N) is 1. The number of ether oxygens (including phenoxy) is 2. The van der Waals surface area contributed by atoms with Crippen molar-refractivity contribution in [1.82, 2.24) is 14.8 Å². The van der Waals surface area contributed by atoms with Crippen molar-refractivity contribution in [3.05, 3.63) is 60.2 Å². The van der Waals surface area contributed by atoms with Crippen molar-refractivity contribution in [2.24, 2.45) is 0 Å². The van der Waals surface area contributed by atoms with Gasteiger partial charge in [-0.2, -0.15) is 0 Å². The summed E-state index contributed by atoms with van der Waals surface area (Å²) in [6.45, 7) is 4.47. The molecule has 7 nitrogen and oxygen atoms in total. The number of methoxy groups -OCH3 is 1. The molecule has 1 unspecified atom stereocenters. The lowest BCUT2D eigenvalue weighted by Crippen LogP contribution is -2.16. The molecule has 0 saturated heterocycles. The zero-order valence-corrected chi connectivity index (χ0v) is 17.8. The Labute approximate surface area is 178 Å². The first-order valence-corrected chi connectivity index (χ1v) is 10.4. The second-order valence-corrected chi connectivity index (χ2v) is 7.28. The van der Waals surface area contributed by atoms with Gasteiger partial charge in [0.05, 0.1) is 18.6 Å². The normalized spacial score (nSPS) is 11.7. The first-order chi connectivity index (χ1) is 14.5. The van der Waals surface area contributed by atoms with Crippen LogP contribution in [0.2, 0.25) is 0 Å². The van der Waals surface area contributed by atoms with E-state index in [1.807, 2.05) is 36.6 Å². The Bertz CT molecular complexity index is 1010. The second-order valence-electron chi connectivity index (χ2n) is 6.34. The summed E-state index contributed by atoms with van der Waals surface area (Å²) in [7, 11) is 1.60. The van der Waals surface area contributed by atoms with Gasteiger partial charge in [-0.1, -0.05) is 30.0 Å². The van der Waals surface area contributed by atoms with Crippen LogP contribution in [0.25, 0.3) is 0 Å². The first kappa shape index (κ1) is 21.6. The molecule has 30 heavy (non-hydrogen) atoms. The number of benzene rings is 2. The van der Waals surface area contributed by atoms with Gasteiger partial charge in [-0.05, 0) is 38.1 Å². The van der Waals surface area contributed by atoms with Gasteiger partial charge in [0.15, 0.2) is 17.1 Å². The Balaban J connectivity index is 1.64. The summed E-state index contributed by atoms with van der Waals surface area (Å²) in [5.74, 6) is 1.30. The van der Waals surface area contributed by atoms with Crippen molar-refractivity contribution < 1.29 is 18.7 Å². The Morgan fingerprint density at radius 2 is 1.97 bits per heavy atom. The van der Waals surface area contributed by atoms with Crippen molar-refractivity contribution in [3.8, 4) is 11.5 Å². The van der Waals surface area contributed by atoms with E-state index in [4.69, 9.17) is 9.47 Å². The van der Waals surface area contributed by atoms with Crippen LogP contribution < -0.4 is 14.8 Å². The smallest absolute Gasteiger partial charge is 0.234 e. The van der Waals surface area contributed by atoms with Crippen LogP contribution in [0.5, 0.6) is 11.5 Å². The predicted molar refractivity (Wildman–Crippen MR) is 113 cm³/mol. The average Bonchev–Trinajstić information content (AvgIpc) is 3.17. The third kappa shape index (κ3) is 5.29. The third-order valence-corrected chi connectivity index (χ3v) is 5.23. The molecule has 1 aromatic heterocycles. The summed E-state index contributed by atoms with van der Waals surface area (Å²) in [5, 5.41) is 11.6. The Morgan fingerprint density at radius 1 is 1.20 bits per heavy atom. The topological polar surface area (TPSA) is 78.3 Å². The molecule has 3 rings (SSSR count). The summed E-state index contributed by atoms with van der Waals surface area (Å²) in [6, 6.07) is 13.4. The largest absolute Gasteiger partial charge is 0.497 e. The zero-order valence-electron chi connectivity index (χ0n) is 17.0. The van der Waals surface area contributed by atoms with E-state index in [2.05, 4.69) is 15.5 Å². The van der Waals surface area contributed by atoms with Gasteiger partial charge < -0.3 is 19.4 Å². The van der Waals surface area contributed by atoms with E-state index >= 15 is 0 Å². The number of carbonyl (C=O) groups is 1. The number of thioether (sulfide) groups is 1. The minimum absolute atomic E-state index is 0.0809. The van der Waals surface area contributed by atoms with E-state index in [0.29, 0.717) is 29.0 Å². The number of carbonyl (C=O) groups excluding carboxylic acids is 1. The molecule has 0 aliphatic heterocycles. The number of amides is 1. The molecule has 0 aliphatic carbocycles. The highest BCUT2D eigenvalue weighted by Crippen LogP contribution is 2.27. The van der Waals surface area contributed by atoms with Gasteiger partial charge in [0.1, 0.15) is 17.3 Å².